The number of benzene rings is 2. The topological polar surface area (TPSA) is 99.0 Å². The number of methoxy groups -OCH3 is 1. The van der Waals surface area contributed by atoms with Gasteiger partial charge in [0.25, 0.3) is 5.69 Å². The number of halogens is 1. The number of Topliss-reactive ketones (excluding diaryl/α,β-unsaturated/α-hetero) is 2. The van der Waals surface area contributed by atoms with Crippen molar-refractivity contribution < 1.29 is 24.0 Å². The first kappa shape index (κ1) is 29.3. The number of carbonyl (C=O) groups is 2. The Morgan fingerprint density at radius 1 is 0.951 bits per heavy atom. The van der Waals surface area contributed by atoms with Crippen molar-refractivity contribution in [1.82, 2.24) is 4.90 Å². The molecule has 0 fully saturated rings. The zero-order valence-electron chi connectivity index (χ0n) is 24.3. The molecule has 216 valence electrons. The van der Waals surface area contributed by atoms with Crippen LogP contribution >= 0.6 is 22.6 Å². The molecule has 9 heteroatoms. The minimum atomic E-state index is -0.463. The largest absolute Gasteiger partial charge is 0.493 e. The third-order valence-electron chi connectivity index (χ3n) is 8.30. The Bertz CT molecular complexity index is 1470. The van der Waals surface area contributed by atoms with E-state index in [0.29, 0.717) is 24.3 Å². The lowest BCUT2D eigenvalue weighted by Crippen LogP contribution is -2.43. The van der Waals surface area contributed by atoms with Gasteiger partial charge in [-0.05, 0) is 81.7 Å². The molecule has 2 aromatic rings. The predicted molar refractivity (Wildman–Crippen MR) is 164 cm³/mol. The van der Waals surface area contributed by atoms with E-state index in [1.165, 1.54) is 12.1 Å². The molecule has 41 heavy (non-hydrogen) atoms. The van der Waals surface area contributed by atoms with Gasteiger partial charge in [-0.2, -0.15) is 0 Å². The van der Waals surface area contributed by atoms with Crippen molar-refractivity contribution in [2.75, 3.05) is 14.2 Å². The number of allylic oxidation sites excluding steroid dienone is 4. The third kappa shape index (κ3) is 5.52. The van der Waals surface area contributed by atoms with Crippen molar-refractivity contribution in [2.24, 2.45) is 10.8 Å². The molecular weight excluding hydrogens is 635 g/mol. The summed E-state index contributed by atoms with van der Waals surface area (Å²) in [6.45, 7) is 8.70. The number of nitrogens with zero attached hydrogens (tertiary/aromatic N) is 2. The lowest BCUT2D eigenvalue weighted by atomic mass is 9.64. The van der Waals surface area contributed by atoms with E-state index in [0.717, 1.165) is 50.1 Å². The molecule has 0 saturated carbocycles. The number of ether oxygens (including phenoxy) is 2. The molecule has 8 nitrogen and oxygen atoms in total. The second-order valence-corrected chi connectivity index (χ2v) is 14.0. The van der Waals surface area contributed by atoms with Crippen LogP contribution in [-0.4, -0.2) is 35.5 Å². The van der Waals surface area contributed by atoms with Crippen LogP contribution in [0.1, 0.15) is 70.4 Å². The van der Waals surface area contributed by atoms with Crippen molar-refractivity contribution in [3.05, 3.63) is 83.7 Å². The van der Waals surface area contributed by atoms with E-state index in [4.69, 9.17) is 9.47 Å². The Labute approximate surface area is 254 Å². The monoisotopic (exact) mass is 670 g/mol. The first-order valence-corrected chi connectivity index (χ1v) is 14.8. The highest BCUT2D eigenvalue weighted by molar-refractivity contribution is 14.1. The normalized spacial score (nSPS) is 20.1. The van der Waals surface area contributed by atoms with Gasteiger partial charge in [0.2, 0.25) is 0 Å². The van der Waals surface area contributed by atoms with E-state index in [-0.39, 0.29) is 34.7 Å². The van der Waals surface area contributed by atoms with Gasteiger partial charge in [0, 0.05) is 60.5 Å². The SMILES string of the molecule is COc1cc(C2C3=C(CC(C)(C)CC3=O)N(C)C3=C2C(=O)CC(C)(C)C3)cc(I)c1OCc1ccc([N+](=O)[O-])cc1. The summed E-state index contributed by atoms with van der Waals surface area (Å²) < 4.78 is 12.7. The number of hydrogen-bond donors (Lipinski definition) is 0. The standard InChI is InChI=1S/C32H35IN2O6/c1-31(2)13-22-28(24(36)15-31)27(29-23(34(22)5)14-32(3,4)16-25(29)37)19-11-21(33)30(26(12-19)40-6)41-17-18-7-9-20(10-8-18)35(38)39/h7-12,27H,13-17H2,1-6H3. The molecule has 0 bridgehead atoms. The van der Waals surface area contributed by atoms with Crippen LogP contribution < -0.4 is 9.47 Å². The number of non-ortho nitro benzene ring substituents is 1. The number of hydrogen-bond acceptors (Lipinski definition) is 7. The zero-order chi connectivity index (χ0) is 29.9. The van der Waals surface area contributed by atoms with Crippen molar-refractivity contribution in [2.45, 2.75) is 65.9 Å². The highest BCUT2D eigenvalue weighted by Crippen LogP contribution is 2.54. The fourth-order valence-electron chi connectivity index (χ4n) is 6.41. The Morgan fingerprint density at radius 3 is 1.98 bits per heavy atom. The Morgan fingerprint density at radius 2 is 1.49 bits per heavy atom. The number of nitro benzene ring substituents is 1. The second-order valence-electron chi connectivity index (χ2n) is 12.8. The lowest BCUT2D eigenvalue weighted by molar-refractivity contribution is -0.384. The van der Waals surface area contributed by atoms with Gasteiger partial charge >= 0.3 is 0 Å². The number of ketones is 2. The number of nitro groups is 1. The van der Waals surface area contributed by atoms with Gasteiger partial charge in [0.15, 0.2) is 23.1 Å². The summed E-state index contributed by atoms with van der Waals surface area (Å²) in [4.78, 5) is 40.3. The average molecular weight is 671 g/mol. The van der Waals surface area contributed by atoms with Crippen LogP contribution in [0.5, 0.6) is 11.5 Å². The molecule has 3 aliphatic rings. The number of carbonyl (C=O) groups excluding carboxylic acids is 2. The van der Waals surface area contributed by atoms with Gasteiger partial charge in [-0.1, -0.05) is 27.7 Å². The van der Waals surface area contributed by atoms with Gasteiger partial charge < -0.3 is 14.4 Å². The zero-order valence-corrected chi connectivity index (χ0v) is 26.5. The molecule has 0 aromatic heterocycles. The quantitative estimate of drug-likeness (QED) is 0.184. The van der Waals surface area contributed by atoms with Crippen LogP contribution in [0.15, 0.2) is 58.9 Å². The molecule has 0 amide bonds. The summed E-state index contributed by atoms with van der Waals surface area (Å²) in [6, 6.07) is 10.1. The molecule has 2 aromatic carbocycles. The Kier molecular flexibility index (Phi) is 7.55. The van der Waals surface area contributed by atoms with E-state index in [1.807, 2.05) is 19.2 Å². The fraction of sp³-hybridized carbons (Fsp3) is 0.438. The number of rotatable bonds is 6. The van der Waals surface area contributed by atoms with Crippen LogP contribution in [0.4, 0.5) is 5.69 Å². The lowest BCUT2D eigenvalue weighted by Gasteiger charge is -2.48. The van der Waals surface area contributed by atoms with Gasteiger partial charge in [0.1, 0.15) is 6.61 Å². The predicted octanol–water partition coefficient (Wildman–Crippen LogP) is 7.10. The van der Waals surface area contributed by atoms with Crippen molar-refractivity contribution in [3.8, 4) is 11.5 Å². The minimum absolute atomic E-state index is 0.0204. The maximum absolute atomic E-state index is 13.8. The van der Waals surface area contributed by atoms with Crippen molar-refractivity contribution in [1.29, 1.82) is 0 Å². The van der Waals surface area contributed by atoms with Gasteiger partial charge in [-0.25, -0.2) is 0 Å². The van der Waals surface area contributed by atoms with Crippen LogP contribution in [0, 0.1) is 24.5 Å². The van der Waals surface area contributed by atoms with Crippen LogP contribution in [-0.2, 0) is 16.2 Å². The maximum Gasteiger partial charge on any atom is 0.269 e. The first-order valence-electron chi connectivity index (χ1n) is 13.7. The molecule has 0 radical (unpaired) electrons. The molecule has 0 spiro atoms. The first-order chi connectivity index (χ1) is 19.2. The van der Waals surface area contributed by atoms with E-state index in [2.05, 4.69) is 55.2 Å². The van der Waals surface area contributed by atoms with E-state index in [1.54, 1.807) is 19.2 Å². The summed E-state index contributed by atoms with van der Waals surface area (Å²) >= 11 is 2.20. The molecular formula is C32H35IN2O6. The molecule has 0 atom stereocenters. The molecule has 0 saturated heterocycles. The van der Waals surface area contributed by atoms with Crippen LogP contribution in [0.2, 0.25) is 0 Å². The Balaban J connectivity index is 1.58. The summed E-state index contributed by atoms with van der Waals surface area (Å²) in [7, 11) is 3.57. The van der Waals surface area contributed by atoms with Gasteiger partial charge in [-0.15, -0.1) is 0 Å². The van der Waals surface area contributed by atoms with E-state index < -0.39 is 10.8 Å². The smallest absolute Gasteiger partial charge is 0.269 e. The highest BCUT2D eigenvalue weighted by Gasteiger charge is 2.48. The van der Waals surface area contributed by atoms with E-state index >= 15 is 0 Å². The van der Waals surface area contributed by atoms with Gasteiger partial charge in [0.05, 0.1) is 15.6 Å². The maximum atomic E-state index is 13.8. The third-order valence-corrected chi connectivity index (χ3v) is 9.10. The average Bonchev–Trinajstić information content (AvgIpc) is 2.88. The molecule has 1 heterocycles. The molecule has 5 rings (SSSR count). The molecule has 1 aliphatic heterocycles. The van der Waals surface area contributed by atoms with Gasteiger partial charge in [-0.3, -0.25) is 19.7 Å². The van der Waals surface area contributed by atoms with Crippen molar-refractivity contribution in [3.63, 3.8) is 0 Å². The minimum Gasteiger partial charge on any atom is -0.493 e. The summed E-state index contributed by atoms with van der Waals surface area (Å²) in [6.07, 6.45) is 2.39. The molecule has 2 aliphatic carbocycles. The second kappa shape index (κ2) is 10.6. The molecule has 0 N–H and O–H groups in total. The van der Waals surface area contributed by atoms with Crippen LogP contribution in [0.25, 0.3) is 0 Å². The highest BCUT2D eigenvalue weighted by atomic mass is 127. The van der Waals surface area contributed by atoms with Crippen molar-refractivity contribution >= 4 is 39.8 Å². The van der Waals surface area contributed by atoms with Crippen LogP contribution in [0.3, 0.4) is 0 Å². The fourth-order valence-corrected chi connectivity index (χ4v) is 7.19. The Hall–Kier alpha value is -3.21. The summed E-state index contributed by atoms with van der Waals surface area (Å²) in [5.41, 5.74) is 4.76. The summed E-state index contributed by atoms with van der Waals surface area (Å²) in [5, 5.41) is 11.0. The van der Waals surface area contributed by atoms with E-state index in [9.17, 15) is 19.7 Å². The molecule has 0 unspecified atom stereocenters. The summed E-state index contributed by atoms with van der Waals surface area (Å²) in [5.74, 6) is 0.756.